The zero-order valence-corrected chi connectivity index (χ0v) is 33.5. The maximum absolute atomic E-state index is 15.4. The Morgan fingerprint density at radius 2 is 0.500 bits per heavy atom. The van der Waals surface area contributed by atoms with Gasteiger partial charge >= 0.3 is 0 Å². The number of carbonyl (C=O) groups is 1. The molecule has 0 spiro atoms. The highest BCUT2D eigenvalue weighted by Gasteiger charge is 2.52. The van der Waals surface area contributed by atoms with E-state index in [1.807, 2.05) is 78.9 Å². The summed E-state index contributed by atoms with van der Waals surface area (Å²) in [6, 6.07) is 27.5. The lowest BCUT2D eigenvalue weighted by atomic mass is 9.12. The van der Waals surface area contributed by atoms with E-state index in [0.717, 1.165) is 0 Å². The average molecular weight is 1000 g/mol. The van der Waals surface area contributed by atoms with Gasteiger partial charge in [0.2, 0.25) is 5.78 Å². The first-order chi connectivity index (χ1) is 31.9. The van der Waals surface area contributed by atoms with E-state index in [4.69, 9.17) is 0 Å². The van der Waals surface area contributed by atoms with Crippen LogP contribution in [0.4, 0.5) is 87.8 Å². The Morgan fingerprint density at radius 1 is 0.309 bits per heavy atom. The molecule has 0 unspecified atom stereocenters. The zero-order chi connectivity index (χ0) is 50.5. The Labute approximate surface area is 368 Å². The van der Waals surface area contributed by atoms with Crippen molar-refractivity contribution < 1.29 is 96.8 Å². The zero-order valence-electron chi connectivity index (χ0n) is 32.7. The number of hydrogen-bond acceptors (Lipinski definition) is 2. The number of halogens is 20. The summed E-state index contributed by atoms with van der Waals surface area (Å²) >= 11 is 0. The third-order valence-corrected chi connectivity index (χ3v) is 13.1. The second-order valence-corrected chi connectivity index (χ2v) is 16.6. The summed E-state index contributed by atoms with van der Waals surface area (Å²) in [7, 11) is -2.64. The molecule has 0 atom stereocenters. The third-order valence-electron chi connectivity index (χ3n) is 10.4. The van der Waals surface area contributed by atoms with Crippen molar-refractivity contribution in [3.8, 4) is 0 Å². The molecule has 2 nitrogen and oxygen atoms in total. The lowest BCUT2D eigenvalue weighted by molar-refractivity contribution is 0.102. The Hall–Kier alpha value is -6.98. The molecule has 7 aromatic carbocycles. The minimum atomic E-state index is -7.22. The molecule has 0 aromatic heterocycles. The molecule has 0 heterocycles. The average Bonchev–Trinajstić information content (AvgIpc) is 3.34. The van der Waals surface area contributed by atoms with Crippen LogP contribution in [-0.2, 0) is 14.1 Å². The summed E-state index contributed by atoms with van der Waals surface area (Å²) in [5.41, 5.74) is -13.7. The van der Waals surface area contributed by atoms with Crippen LogP contribution >= 0.6 is 0 Å². The molecule has 354 valence electrons. The molecule has 0 N–H and O–H groups in total. The first-order valence-corrected chi connectivity index (χ1v) is 20.1. The van der Waals surface area contributed by atoms with Gasteiger partial charge in [0.25, 0.3) is 0 Å². The molecule has 68 heavy (non-hydrogen) atoms. The van der Waals surface area contributed by atoms with Crippen LogP contribution in [0.5, 0.6) is 0 Å². The Kier molecular flexibility index (Phi) is 14.1. The quantitative estimate of drug-likeness (QED) is 0.0361. The van der Waals surface area contributed by atoms with Crippen molar-refractivity contribution in [2.75, 3.05) is 5.75 Å². The molecular weight excluding hydrogens is 983 g/mol. The number of hydrogen-bond donors (Lipinski definition) is 0. The van der Waals surface area contributed by atoms with E-state index in [-0.39, 0.29) is 11.5 Å². The highest BCUT2D eigenvalue weighted by atomic mass is 32.2. The van der Waals surface area contributed by atoms with Crippen LogP contribution in [0.1, 0.15) is 10.4 Å². The van der Waals surface area contributed by atoms with Gasteiger partial charge in [-0.05, 0) is 24.3 Å². The van der Waals surface area contributed by atoms with Crippen molar-refractivity contribution in [2.24, 2.45) is 0 Å². The molecule has 0 bridgehead atoms. The maximum Gasteiger partial charge on any atom is 0.212 e. The van der Waals surface area contributed by atoms with Gasteiger partial charge in [0, 0.05) is 5.56 Å². The van der Waals surface area contributed by atoms with Gasteiger partial charge in [0.1, 0.15) is 52.7 Å². The number of carbonyl (C=O) groups excluding carboxylic acids is 1. The van der Waals surface area contributed by atoms with Gasteiger partial charge < -0.3 is 0 Å². The van der Waals surface area contributed by atoms with Gasteiger partial charge in [-0.25, -0.2) is 87.8 Å². The summed E-state index contributed by atoms with van der Waals surface area (Å²) in [4.78, 5) is 14.0. The number of ketones is 1. The van der Waals surface area contributed by atoms with Crippen molar-refractivity contribution in [1.29, 1.82) is 0 Å². The summed E-state index contributed by atoms with van der Waals surface area (Å²) in [6.07, 6.45) is -7.22. The Morgan fingerprint density at radius 3 is 0.721 bits per heavy atom. The highest BCUT2D eigenvalue weighted by molar-refractivity contribution is 8.03. The molecular formula is C44H17BF20O2S. The molecule has 24 heteroatoms. The SMILES string of the molecule is Fc1c(F)c(F)c([B-](c2c(F)c(F)c(F)c(F)c2F)(c2c(F)c(F)c(F)c(F)c2F)c2c(F)c(F)c(F)c(F)c2F)c(F)c1F.O=C(C[S+](=O)(c1ccccc1)c1ccccc1)c1ccccc1. The van der Waals surface area contributed by atoms with E-state index in [1.165, 1.54) is 0 Å². The van der Waals surface area contributed by atoms with Crippen LogP contribution < -0.4 is 21.9 Å². The number of benzene rings is 7. The molecule has 0 fully saturated rings. The van der Waals surface area contributed by atoms with Gasteiger partial charge in [-0.1, -0.05) is 70.9 Å². The van der Waals surface area contributed by atoms with Crippen LogP contribution in [0.3, 0.4) is 0 Å². The third kappa shape index (κ3) is 7.96. The largest absolute Gasteiger partial charge is 0.289 e. The van der Waals surface area contributed by atoms with Gasteiger partial charge in [0.05, 0.1) is 0 Å². The van der Waals surface area contributed by atoms with Gasteiger partial charge in [-0.2, -0.15) is 0 Å². The predicted molar refractivity (Wildman–Crippen MR) is 202 cm³/mol. The lowest BCUT2D eigenvalue weighted by Gasteiger charge is -2.44. The van der Waals surface area contributed by atoms with E-state index in [1.54, 1.807) is 12.1 Å². The van der Waals surface area contributed by atoms with Gasteiger partial charge in [0.15, 0.2) is 95.3 Å². The summed E-state index contributed by atoms with van der Waals surface area (Å²) in [5.74, 6) is -71.5. The fourth-order valence-corrected chi connectivity index (χ4v) is 9.68. The Bertz CT molecular complexity index is 2770. The standard InChI is InChI=1S/C24BF20.C20H17O2S/c26-5-1(6(27)14(35)21(42)13(5)34)25(2-7(28)15(36)22(43)16(37)8(2)29,3-9(30)17(38)23(44)18(39)10(3)31)4-11(32)19(40)24(45)20(41)12(4)33;21-20(17-10-4-1-5-11-17)16-23(22,18-12-6-2-7-13-18)19-14-8-3-9-15-19/h;1-15H,16H2/q-1;+1. The minimum absolute atomic E-state index is 0.0228. The number of Topliss-reactive ketones (excluding diaryl/α,β-unsaturated/α-hetero) is 1. The number of rotatable bonds is 9. The van der Waals surface area contributed by atoms with Crippen molar-refractivity contribution in [3.63, 3.8) is 0 Å². The second kappa shape index (κ2) is 19.0. The van der Waals surface area contributed by atoms with Crippen molar-refractivity contribution >= 4 is 43.7 Å². The predicted octanol–water partition coefficient (Wildman–Crippen LogP) is 10.3. The molecule has 0 saturated heterocycles. The molecule has 0 aliphatic carbocycles. The smallest absolute Gasteiger partial charge is 0.212 e. The van der Waals surface area contributed by atoms with E-state index in [2.05, 4.69) is 0 Å². The summed E-state index contributed by atoms with van der Waals surface area (Å²) in [6.45, 7) is 0. The van der Waals surface area contributed by atoms with Crippen LogP contribution in [-0.4, -0.2) is 17.7 Å². The van der Waals surface area contributed by atoms with Crippen molar-refractivity contribution in [3.05, 3.63) is 213 Å². The van der Waals surface area contributed by atoms with Gasteiger partial charge in [-0.3, -0.25) is 4.79 Å². The van der Waals surface area contributed by atoms with E-state index >= 15 is 35.1 Å². The molecule has 0 saturated carbocycles. The monoisotopic (exact) mass is 1000 g/mol. The normalized spacial score (nSPS) is 11.7. The topological polar surface area (TPSA) is 34.1 Å². The van der Waals surface area contributed by atoms with Crippen LogP contribution in [0, 0.1) is 116 Å². The lowest BCUT2D eigenvalue weighted by Crippen LogP contribution is -2.81. The summed E-state index contributed by atoms with van der Waals surface area (Å²) < 4.78 is 308. The maximum atomic E-state index is 15.4. The van der Waals surface area contributed by atoms with Crippen LogP contribution in [0.15, 0.2) is 101 Å². The van der Waals surface area contributed by atoms with Crippen LogP contribution in [0.2, 0.25) is 0 Å². The molecule has 7 rings (SSSR count). The fraction of sp³-hybridized carbons (Fsp3) is 0.0227. The molecule has 0 aliphatic rings. The highest BCUT2D eigenvalue weighted by Crippen LogP contribution is 2.32. The van der Waals surface area contributed by atoms with E-state index in [9.17, 15) is 61.7 Å². The van der Waals surface area contributed by atoms with Crippen molar-refractivity contribution in [2.45, 2.75) is 9.79 Å². The van der Waals surface area contributed by atoms with Crippen molar-refractivity contribution in [1.82, 2.24) is 0 Å². The fourth-order valence-electron chi connectivity index (χ4n) is 7.35. The van der Waals surface area contributed by atoms with E-state index in [0.29, 0.717) is 15.4 Å². The first-order valence-electron chi connectivity index (χ1n) is 18.3. The Balaban J connectivity index is 0.000000276. The second-order valence-electron chi connectivity index (χ2n) is 14.0. The van der Waals surface area contributed by atoms with E-state index < -0.39 is 154 Å². The van der Waals surface area contributed by atoms with Crippen LogP contribution in [0.25, 0.3) is 0 Å². The summed E-state index contributed by atoms with van der Waals surface area (Å²) in [5, 5.41) is 0. The molecule has 0 amide bonds. The molecule has 7 aromatic rings. The first kappa shape index (κ1) is 50.4. The van der Waals surface area contributed by atoms with Gasteiger partial charge in [-0.15, -0.1) is 21.9 Å². The molecule has 0 aliphatic heterocycles. The molecule has 0 radical (unpaired) electrons. The minimum Gasteiger partial charge on any atom is -0.289 e.